The van der Waals surface area contributed by atoms with E-state index in [1.54, 1.807) is 53.4 Å². The number of hydrogen-bond acceptors (Lipinski definition) is 3. The molecule has 1 amide bonds. The van der Waals surface area contributed by atoms with Crippen LogP contribution in [0.4, 0.5) is 10.1 Å². The molecule has 172 valence electrons. The first-order chi connectivity index (χ1) is 15.8. The van der Waals surface area contributed by atoms with Crippen LogP contribution in [0.3, 0.4) is 0 Å². The standard InChI is InChI=1S/C25H24ClFN2O3S/c1-18-4-14-23(15-5-18)33(31,32)29(22-12-8-20(26)9-13-22)17-25(30)28-16-2-3-24(28)19-6-10-21(27)11-7-19/h4-15,24H,2-3,16-17H2,1H3. The van der Waals surface area contributed by atoms with Crippen molar-refractivity contribution in [3.63, 3.8) is 0 Å². The van der Waals surface area contributed by atoms with Crippen molar-refractivity contribution in [2.75, 3.05) is 17.4 Å². The van der Waals surface area contributed by atoms with Crippen molar-refractivity contribution in [2.24, 2.45) is 0 Å². The van der Waals surface area contributed by atoms with Gasteiger partial charge >= 0.3 is 0 Å². The van der Waals surface area contributed by atoms with Crippen LogP contribution in [0.15, 0.2) is 77.7 Å². The number of sulfonamides is 1. The van der Waals surface area contributed by atoms with Crippen molar-refractivity contribution in [3.8, 4) is 0 Å². The van der Waals surface area contributed by atoms with Gasteiger partial charge in [-0.1, -0.05) is 41.4 Å². The number of anilines is 1. The summed E-state index contributed by atoms with van der Waals surface area (Å²) in [6.07, 6.45) is 1.53. The maximum absolute atomic E-state index is 13.5. The highest BCUT2D eigenvalue weighted by molar-refractivity contribution is 7.92. The maximum atomic E-state index is 13.5. The van der Waals surface area contributed by atoms with E-state index in [4.69, 9.17) is 11.6 Å². The fraction of sp³-hybridized carbons (Fsp3) is 0.240. The van der Waals surface area contributed by atoms with Crippen LogP contribution in [0.5, 0.6) is 0 Å². The van der Waals surface area contributed by atoms with Gasteiger partial charge in [-0.3, -0.25) is 9.10 Å². The topological polar surface area (TPSA) is 57.7 Å². The predicted octanol–water partition coefficient (Wildman–Crippen LogP) is 5.35. The molecular weight excluding hydrogens is 463 g/mol. The lowest BCUT2D eigenvalue weighted by Gasteiger charge is -2.30. The highest BCUT2D eigenvalue weighted by atomic mass is 35.5. The quantitative estimate of drug-likeness (QED) is 0.472. The van der Waals surface area contributed by atoms with Gasteiger partial charge in [0.05, 0.1) is 16.6 Å². The Morgan fingerprint density at radius 1 is 1.03 bits per heavy atom. The molecule has 1 aliphatic heterocycles. The Hall–Kier alpha value is -2.90. The van der Waals surface area contributed by atoms with Gasteiger partial charge in [-0.15, -0.1) is 0 Å². The fourth-order valence-electron chi connectivity index (χ4n) is 4.07. The Bertz CT molecular complexity index is 1230. The Morgan fingerprint density at radius 3 is 2.30 bits per heavy atom. The number of rotatable bonds is 6. The predicted molar refractivity (Wildman–Crippen MR) is 127 cm³/mol. The van der Waals surface area contributed by atoms with Gasteiger partial charge in [-0.25, -0.2) is 12.8 Å². The average molecular weight is 487 g/mol. The summed E-state index contributed by atoms with van der Waals surface area (Å²) in [7, 11) is -4.00. The zero-order valence-electron chi connectivity index (χ0n) is 18.1. The third-order valence-electron chi connectivity index (χ3n) is 5.83. The Kier molecular flexibility index (Phi) is 6.72. The zero-order chi connectivity index (χ0) is 23.6. The molecule has 0 N–H and O–H groups in total. The summed E-state index contributed by atoms with van der Waals surface area (Å²) in [5.41, 5.74) is 2.12. The number of hydrogen-bond donors (Lipinski definition) is 0. The summed E-state index contributed by atoms with van der Waals surface area (Å²) in [6, 6.07) is 18.8. The summed E-state index contributed by atoms with van der Waals surface area (Å²) in [4.78, 5) is 15.2. The van der Waals surface area contributed by atoms with Gasteiger partial charge in [0.2, 0.25) is 5.91 Å². The first kappa shape index (κ1) is 23.3. The lowest BCUT2D eigenvalue weighted by atomic mass is 10.0. The Balaban J connectivity index is 1.66. The van der Waals surface area contributed by atoms with Crippen molar-refractivity contribution in [3.05, 3.63) is 94.8 Å². The van der Waals surface area contributed by atoms with Gasteiger partial charge in [-0.05, 0) is 73.9 Å². The summed E-state index contributed by atoms with van der Waals surface area (Å²) in [5.74, 6) is -0.653. The van der Waals surface area contributed by atoms with Crippen molar-refractivity contribution >= 4 is 33.2 Å². The van der Waals surface area contributed by atoms with E-state index >= 15 is 0 Å². The van der Waals surface area contributed by atoms with Crippen LogP contribution in [0.2, 0.25) is 5.02 Å². The molecule has 1 atom stereocenters. The lowest BCUT2D eigenvalue weighted by Crippen LogP contribution is -2.42. The Labute approximate surface area is 198 Å². The smallest absolute Gasteiger partial charge is 0.264 e. The SMILES string of the molecule is Cc1ccc(S(=O)(=O)N(CC(=O)N2CCCC2c2ccc(F)cc2)c2ccc(Cl)cc2)cc1. The van der Waals surface area contributed by atoms with E-state index in [1.165, 1.54) is 24.3 Å². The summed E-state index contributed by atoms with van der Waals surface area (Å²) in [6.45, 7) is 2.04. The van der Waals surface area contributed by atoms with Crippen LogP contribution >= 0.6 is 11.6 Å². The van der Waals surface area contributed by atoms with Crippen molar-refractivity contribution < 1.29 is 17.6 Å². The van der Waals surface area contributed by atoms with E-state index in [0.717, 1.165) is 28.3 Å². The van der Waals surface area contributed by atoms with Crippen LogP contribution in [0.25, 0.3) is 0 Å². The second kappa shape index (κ2) is 9.53. The molecule has 1 fully saturated rings. The minimum atomic E-state index is -4.00. The molecule has 0 aromatic heterocycles. The van der Waals surface area contributed by atoms with Gasteiger partial charge in [0.25, 0.3) is 10.0 Å². The van der Waals surface area contributed by atoms with Crippen LogP contribution in [0.1, 0.15) is 30.0 Å². The molecule has 0 spiro atoms. The van der Waals surface area contributed by atoms with Gasteiger partial charge in [-0.2, -0.15) is 0 Å². The highest BCUT2D eigenvalue weighted by Gasteiger charge is 2.34. The fourth-order valence-corrected chi connectivity index (χ4v) is 5.61. The molecule has 0 bridgehead atoms. The van der Waals surface area contributed by atoms with E-state index in [2.05, 4.69) is 0 Å². The van der Waals surface area contributed by atoms with Gasteiger partial charge in [0.15, 0.2) is 0 Å². The number of nitrogens with zero attached hydrogens (tertiary/aromatic N) is 2. The first-order valence-electron chi connectivity index (χ1n) is 10.7. The number of amides is 1. The van der Waals surface area contributed by atoms with E-state index in [0.29, 0.717) is 17.3 Å². The maximum Gasteiger partial charge on any atom is 0.264 e. The molecule has 8 heteroatoms. The molecule has 5 nitrogen and oxygen atoms in total. The van der Waals surface area contributed by atoms with Crippen molar-refractivity contribution in [2.45, 2.75) is 30.7 Å². The first-order valence-corrected chi connectivity index (χ1v) is 12.5. The number of carbonyl (C=O) groups is 1. The molecule has 3 aromatic rings. The minimum absolute atomic E-state index is 0.104. The number of halogens is 2. The normalized spacial score (nSPS) is 16.1. The molecule has 0 aliphatic carbocycles. The summed E-state index contributed by atoms with van der Waals surface area (Å²) in [5, 5.41) is 0.466. The zero-order valence-corrected chi connectivity index (χ0v) is 19.7. The van der Waals surface area contributed by atoms with E-state index < -0.39 is 10.0 Å². The van der Waals surface area contributed by atoms with E-state index in [9.17, 15) is 17.6 Å². The largest absolute Gasteiger partial charge is 0.334 e. The van der Waals surface area contributed by atoms with Crippen molar-refractivity contribution in [1.29, 1.82) is 0 Å². The van der Waals surface area contributed by atoms with Crippen LogP contribution in [0, 0.1) is 12.7 Å². The monoisotopic (exact) mass is 486 g/mol. The number of likely N-dealkylation sites (tertiary alicyclic amines) is 1. The molecule has 3 aromatic carbocycles. The molecule has 1 unspecified atom stereocenters. The molecule has 1 aliphatic rings. The van der Waals surface area contributed by atoms with Crippen LogP contribution in [-0.4, -0.2) is 32.3 Å². The second-order valence-corrected chi connectivity index (χ2v) is 10.4. The minimum Gasteiger partial charge on any atom is -0.334 e. The molecule has 0 saturated carbocycles. The summed E-state index contributed by atoms with van der Waals surface area (Å²) < 4.78 is 41.6. The van der Waals surface area contributed by atoms with E-state index in [-0.39, 0.29) is 29.2 Å². The van der Waals surface area contributed by atoms with Crippen molar-refractivity contribution in [1.82, 2.24) is 4.90 Å². The highest BCUT2D eigenvalue weighted by Crippen LogP contribution is 2.33. The third kappa shape index (κ3) is 5.04. The van der Waals surface area contributed by atoms with Crippen LogP contribution in [-0.2, 0) is 14.8 Å². The lowest BCUT2D eigenvalue weighted by molar-refractivity contribution is -0.130. The third-order valence-corrected chi connectivity index (χ3v) is 7.87. The molecule has 1 heterocycles. The van der Waals surface area contributed by atoms with Gasteiger partial charge in [0, 0.05) is 11.6 Å². The molecule has 1 saturated heterocycles. The number of carbonyl (C=O) groups excluding carboxylic acids is 1. The molecule has 4 rings (SSSR count). The molecular formula is C25H24ClFN2O3S. The molecule has 33 heavy (non-hydrogen) atoms. The van der Waals surface area contributed by atoms with E-state index in [1.807, 2.05) is 6.92 Å². The van der Waals surface area contributed by atoms with Gasteiger partial charge in [0.1, 0.15) is 12.4 Å². The number of aryl methyl sites for hydroxylation is 1. The number of benzene rings is 3. The van der Waals surface area contributed by atoms with Gasteiger partial charge < -0.3 is 4.90 Å². The second-order valence-electron chi connectivity index (χ2n) is 8.10. The molecule has 0 radical (unpaired) electrons. The average Bonchev–Trinajstić information content (AvgIpc) is 3.29. The van der Waals surface area contributed by atoms with Crippen LogP contribution < -0.4 is 4.31 Å². The Morgan fingerprint density at radius 2 is 1.67 bits per heavy atom. The summed E-state index contributed by atoms with van der Waals surface area (Å²) >= 11 is 6.00.